The quantitative estimate of drug-likeness (QED) is 0.768. The number of benzene rings is 1. The summed E-state index contributed by atoms with van der Waals surface area (Å²) in [5.41, 5.74) is 1.96. The maximum Gasteiger partial charge on any atom is 0.224 e. The van der Waals surface area contributed by atoms with Gasteiger partial charge in [0.05, 0.1) is 17.5 Å². The standard InChI is InChI=1S/C20H31N3O2/c1-15(16-6-10-21-11-7-16)14-20(25)22-18-4-2-3-5-19(18)23-12-8-17(24)9-13-23/h2-5,15-17,21,24H,6-14H2,1H3,(H,22,25). The number of nitrogens with one attached hydrogen (secondary N) is 2. The molecule has 2 aliphatic rings. The molecule has 3 N–H and O–H groups in total. The number of carbonyl (C=O) groups is 1. The second-order valence-electron chi connectivity index (χ2n) is 7.55. The van der Waals surface area contributed by atoms with Gasteiger partial charge in [0.1, 0.15) is 0 Å². The summed E-state index contributed by atoms with van der Waals surface area (Å²) in [5.74, 6) is 1.17. The maximum absolute atomic E-state index is 12.6. The summed E-state index contributed by atoms with van der Waals surface area (Å²) in [6.07, 6.45) is 4.30. The van der Waals surface area contributed by atoms with Crippen molar-refractivity contribution in [2.24, 2.45) is 11.8 Å². The van der Waals surface area contributed by atoms with Crippen molar-refractivity contribution in [2.75, 3.05) is 36.4 Å². The Hall–Kier alpha value is -1.59. The highest BCUT2D eigenvalue weighted by Gasteiger charge is 2.23. The van der Waals surface area contributed by atoms with Gasteiger partial charge in [-0.2, -0.15) is 0 Å². The van der Waals surface area contributed by atoms with Gasteiger partial charge < -0.3 is 20.6 Å². The number of anilines is 2. The van der Waals surface area contributed by atoms with E-state index in [1.165, 1.54) is 12.8 Å². The fourth-order valence-corrected chi connectivity index (χ4v) is 4.04. The highest BCUT2D eigenvalue weighted by molar-refractivity contribution is 5.94. The van der Waals surface area contributed by atoms with Crippen molar-refractivity contribution in [3.05, 3.63) is 24.3 Å². The Balaban J connectivity index is 1.59. The van der Waals surface area contributed by atoms with Crippen LogP contribution in [0, 0.1) is 11.8 Å². The molecule has 25 heavy (non-hydrogen) atoms. The van der Waals surface area contributed by atoms with Crippen molar-refractivity contribution < 1.29 is 9.90 Å². The summed E-state index contributed by atoms with van der Waals surface area (Å²) >= 11 is 0. The molecule has 0 bridgehead atoms. The number of amides is 1. The molecular formula is C20H31N3O2. The Morgan fingerprint density at radius 2 is 1.92 bits per heavy atom. The van der Waals surface area contributed by atoms with E-state index in [1.807, 2.05) is 18.2 Å². The summed E-state index contributed by atoms with van der Waals surface area (Å²) in [6, 6.07) is 8.01. The predicted octanol–water partition coefficient (Wildman–Crippen LogP) is 2.61. The lowest BCUT2D eigenvalue weighted by atomic mass is 9.84. The normalized spacial score (nSPS) is 21.1. The zero-order chi connectivity index (χ0) is 17.6. The van der Waals surface area contributed by atoms with Crippen LogP contribution in [0.4, 0.5) is 11.4 Å². The molecule has 2 heterocycles. The third-order valence-corrected chi connectivity index (χ3v) is 5.68. The molecule has 138 valence electrons. The minimum atomic E-state index is -0.191. The first-order valence-corrected chi connectivity index (χ1v) is 9.66. The number of piperidine rings is 2. The molecule has 2 saturated heterocycles. The van der Waals surface area contributed by atoms with Gasteiger partial charge in [0.15, 0.2) is 0 Å². The van der Waals surface area contributed by atoms with Crippen LogP contribution in [0.3, 0.4) is 0 Å². The third kappa shape index (κ3) is 4.95. The second kappa shape index (κ2) is 8.68. The summed E-state index contributed by atoms with van der Waals surface area (Å²) < 4.78 is 0. The van der Waals surface area contributed by atoms with E-state index in [0.717, 1.165) is 50.4 Å². The minimum absolute atomic E-state index is 0.107. The minimum Gasteiger partial charge on any atom is -0.393 e. The van der Waals surface area contributed by atoms with Gasteiger partial charge in [-0.1, -0.05) is 19.1 Å². The van der Waals surface area contributed by atoms with Crippen LogP contribution in [0.1, 0.15) is 39.0 Å². The number of para-hydroxylation sites is 2. The van der Waals surface area contributed by atoms with Crippen LogP contribution < -0.4 is 15.5 Å². The van der Waals surface area contributed by atoms with Gasteiger partial charge in [-0.05, 0) is 62.7 Å². The van der Waals surface area contributed by atoms with Crippen molar-refractivity contribution in [3.8, 4) is 0 Å². The molecule has 2 fully saturated rings. The lowest BCUT2D eigenvalue weighted by Gasteiger charge is -2.33. The number of hydrogen-bond acceptors (Lipinski definition) is 4. The molecule has 5 heteroatoms. The van der Waals surface area contributed by atoms with Gasteiger partial charge in [0, 0.05) is 19.5 Å². The fourth-order valence-electron chi connectivity index (χ4n) is 4.04. The number of nitrogens with zero attached hydrogens (tertiary/aromatic N) is 1. The molecule has 1 aromatic carbocycles. The third-order valence-electron chi connectivity index (χ3n) is 5.68. The SMILES string of the molecule is CC(CC(=O)Nc1ccccc1N1CCC(O)CC1)C1CCNCC1. The number of carbonyl (C=O) groups excluding carboxylic acids is 1. The van der Waals surface area contributed by atoms with Crippen LogP contribution in [0.5, 0.6) is 0 Å². The van der Waals surface area contributed by atoms with E-state index in [2.05, 4.69) is 28.5 Å². The van der Waals surface area contributed by atoms with E-state index in [-0.39, 0.29) is 12.0 Å². The number of aliphatic hydroxyl groups is 1. The molecule has 1 amide bonds. The Labute approximate surface area is 150 Å². The predicted molar refractivity (Wildman–Crippen MR) is 102 cm³/mol. The van der Waals surface area contributed by atoms with Crippen molar-refractivity contribution in [1.29, 1.82) is 0 Å². The van der Waals surface area contributed by atoms with E-state index in [9.17, 15) is 9.90 Å². The molecular weight excluding hydrogens is 314 g/mol. The first-order chi connectivity index (χ1) is 12.1. The highest BCUT2D eigenvalue weighted by atomic mass is 16.3. The topological polar surface area (TPSA) is 64.6 Å². The zero-order valence-electron chi connectivity index (χ0n) is 15.2. The summed E-state index contributed by atoms with van der Waals surface area (Å²) in [7, 11) is 0. The summed E-state index contributed by atoms with van der Waals surface area (Å²) in [5, 5.41) is 16.2. The van der Waals surface area contributed by atoms with Crippen molar-refractivity contribution in [2.45, 2.75) is 45.1 Å². The van der Waals surface area contributed by atoms with Crippen LogP contribution in [-0.2, 0) is 4.79 Å². The van der Waals surface area contributed by atoms with Crippen LogP contribution in [-0.4, -0.2) is 43.3 Å². The van der Waals surface area contributed by atoms with Crippen LogP contribution in [0.2, 0.25) is 0 Å². The molecule has 1 unspecified atom stereocenters. The Morgan fingerprint density at radius 3 is 2.64 bits per heavy atom. The molecule has 0 spiro atoms. The smallest absolute Gasteiger partial charge is 0.224 e. The molecule has 1 aromatic rings. The molecule has 3 rings (SSSR count). The van der Waals surface area contributed by atoms with E-state index in [4.69, 9.17) is 0 Å². The summed E-state index contributed by atoms with van der Waals surface area (Å²) in [6.45, 7) is 6.01. The lowest BCUT2D eigenvalue weighted by Crippen LogP contribution is -2.36. The van der Waals surface area contributed by atoms with Gasteiger partial charge >= 0.3 is 0 Å². The first-order valence-electron chi connectivity index (χ1n) is 9.66. The molecule has 5 nitrogen and oxygen atoms in total. The molecule has 0 radical (unpaired) electrons. The number of aliphatic hydroxyl groups excluding tert-OH is 1. The molecule has 2 aliphatic heterocycles. The average molecular weight is 345 g/mol. The van der Waals surface area contributed by atoms with Gasteiger partial charge in [-0.15, -0.1) is 0 Å². The van der Waals surface area contributed by atoms with E-state index >= 15 is 0 Å². The Kier molecular flexibility index (Phi) is 6.32. The highest BCUT2D eigenvalue weighted by Crippen LogP contribution is 2.29. The lowest BCUT2D eigenvalue weighted by molar-refractivity contribution is -0.117. The van der Waals surface area contributed by atoms with E-state index in [1.54, 1.807) is 0 Å². The number of rotatable bonds is 5. The molecule has 1 atom stereocenters. The van der Waals surface area contributed by atoms with Crippen molar-refractivity contribution in [3.63, 3.8) is 0 Å². The average Bonchev–Trinajstić information content (AvgIpc) is 2.63. The summed E-state index contributed by atoms with van der Waals surface area (Å²) in [4.78, 5) is 14.8. The molecule has 0 aromatic heterocycles. The van der Waals surface area contributed by atoms with Gasteiger partial charge in [0.25, 0.3) is 0 Å². The second-order valence-corrected chi connectivity index (χ2v) is 7.55. The van der Waals surface area contributed by atoms with E-state index in [0.29, 0.717) is 18.3 Å². The maximum atomic E-state index is 12.6. The Bertz CT molecular complexity index is 564. The van der Waals surface area contributed by atoms with Gasteiger partial charge in [-0.25, -0.2) is 0 Å². The Morgan fingerprint density at radius 1 is 1.24 bits per heavy atom. The number of hydrogen-bond donors (Lipinski definition) is 3. The van der Waals surface area contributed by atoms with Crippen LogP contribution >= 0.6 is 0 Å². The zero-order valence-corrected chi connectivity index (χ0v) is 15.2. The monoisotopic (exact) mass is 345 g/mol. The fraction of sp³-hybridized carbons (Fsp3) is 0.650. The van der Waals surface area contributed by atoms with Gasteiger partial charge in [-0.3, -0.25) is 4.79 Å². The van der Waals surface area contributed by atoms with Gasteiger partial charge in [0.2, 0.25) is 5.91 Å². The van der Waals surface area contributed by atoms with E-state index < -0.39 is 0 Å². The van der Waals surface area contributed by atoms with Crippen LogP contribution in [0.25, 0.3) is 0 Å². The van der Waals surface area contributed by atoms with Crippen molar-refractivity contribution >= 4 is 17.3 Å². The molecule has 0 aliphatic carbocycles. The largest absolute Gasteiger partial charge is 0.393 e. The van der Waals surface area contributed by atoms with Crippen LogP contribution in [0.15, 0.2) is 24.3 Å². The molecule has 0 saturated carbocycles. The van der Waals surface area contributed by atoms with Crippen molar-refractivity contribution in [1.82, 2.24) is 5.32 Å². The first kappa shape index (κ1) is 18.2.